The molecule has 0 bridgehead atoms. The van der Waals surface area contributed by atoms with Crippen LogP contribution in [0.5, 0.6) is 0 Å². The highest BCUT2D eigenvalue weighted by atomic mass is 32.2. The van der Waals surface area contributed by atoms with E-state index in [9.17, 15) is 8.42 Å². The van der Waals surface area contributed by atoms with Gasteiger partial charge in [-0.15, -0.1) is 11.3 Å². The van der Waals surface area contributed by atoms with Crippen molar-refractivity contribution in [3.8, 4) is 0 Å². The first kappa shape index (κ1) is 19.5. The van der Waals surface area contributed by atoms with Gasteiger partial charge in [-0.25, -0.2) is 13.1 Å². The summed E-state index contributed by atoms with van der Waals surface area (Å²) in [5.74, 6) is 0.501. The third-order valence-electron chi connectivity index (χ3n) is 5.11. The van der Waals surface area contributed by atoms with Crippen LogP contribution in [0.15, 0.2) is 35.7 Å². The van der Waals surface area contributed by atoms with Gasteiger partial charge >= 0.3 is 0 Å². The van der Waals surface area contributed by atoms with E-state index in [1.54, 1.807) is 11.3 Å². The highest BCUT2D eigenvalue weighted by Crippen LogP contribution is 2.21. The van der Waals surface area contributed by atoms with Crippen molar-refractivity contribution in [2.24, 2.45) is 5.92 Å². The Labute approximate surface area is 161 Å². The number of nitrogens with zero attached hydrogens (tertiary/aromatic N) is 1. The molecular weight excluding hydrogens is 364 g/mol. The molecule has 142 valence electrons. The fraction of sp³-hybridized carbons (Fsp3) is 0.500. The summed E-state index contributed by atoms with van der Waals surface area (Å²) in [6.45, 7) is 7.62. The van der Waals surface area contributed by atoms with Gasteiger partial charge in [-0.3, -0.25) is 4.90 Å². The van der Waals surface area contributed by atoms with Crippen molar-refractivity contribution in [3.63, 3.8) is 0 Å². The molecule has 2 heterocycles. The molecule has 3 rings (SSSR count). The zero-order valence-electron chi connectivity index (χ0n) is 15.6. The first-order chi connectivity index (χ1) is 12.4. The average molecular weight is 393 g/mol. The largest absolute Gasteiger partial charge is 0.298 e. The number of piperidine rings is 1. The Morgan fingerprint density at radius 1 is 1.19 bits per heavy atom. The van der Waals surface area contributed by atoms with Gasteiger partial charge in [0.05, 0.1) is 5.75 Å². The van der Waals surface area contributed by atoms with E-state index < -0.39 is 10.0 Å². The Hall–Kier alpha value is -1.21. The number of nitrogens with one attached hydrogen (secondary N) is 1. The van der Waals surface area contributed by atoms with Crippen LogP contribution in [-0.4, -0.2) is 33.0 Å². The highest BCUT2D eigenvalue weighted by Gasteiger charge is 2.22. The van der Waals surface area contributed by atoms with Gasteiger partial charge < -0.3 is 0 Å². The maximum Gasteiger partial charge on any atom is 0.215 e. The third-order valence-corrected chi connectivity index (χ3v) is 7.27. The Morgan fingerprint density at radius 3 is 2.65 bits per heavy atom. The second-order valence-electron chi connectivity index (χ2n) is 7.34. The standard InChI is InChI=1S/C20H28N2O2S2/c1-16-5-6-17(2)19(12-16)15-26(23,24)21-13-18-7-9-22(10-8-18)14-20-4-3-11-25-20/h3-6,11-12,18,21H,7-10,13-15H2,1-2H3. The minimum absolute atomic E-state index is 0.0672. The predicted molar refractivity (Wildman–Crippen MR) is 109 cm³/mol. The van der Waals surface area contributed by atoms with Gasteiger partial charge in [0, 0.05) is 18.0 Å². The van der Waals surface area contributed by atoms with Crippen LogP contribution < -0.4 is 4.72 Å². The molecular formula is C20H28N2O2S2. The second kappa shape index (κ2) is 8.65. The highest BCUT2D eigenvalue weighted by molar-refractivity contribution is 7.88. The first-order valence-electron chi connectivity index (χ1n) is 9.19. The van der Waals surface area contributed by atoms with E-state index in [1.165, 1.54) is 4.88 Å². The molecule has 0 saturated carbocycles. The molecule has 2 aromatic rings. The lowest BCUT2D eigenvalue weighted by atomic mass is 9.97. The van der Waals surface area contributed by atoms with Gasteiger partial charge in [0.15, 0.2) is 0 Å². The van der Waals surface area contributed by atoms with Crippen molar-refractivity contribution >= 4 is 21.4 Å². The SMILES string of the molecule is Cc1ccc(C)c(CS(=O)(=O)NCC2CCN(Cc3cccs3)CC2)c1. The average Bonchev–Trinajstić information content (AvgIpc) is 3.10. The van der Waals surface area contributed by atoms with E-state index in [1.807, 2.05) is 32.0 Å². The van der Waals surface area contributed by atoms with Gasteiger partial charge in [0.1, 0.15) is 0 Å². The number of thiophene rings is 1. The summed E-state index contributed by atoms with van der Waals surface area (Å²) in [5, 5.41) is 2.12. The molecule has 1 N–H and O–H groups in total. The van der Waals surface area contributed by atoms with Crippen molar-refractivity contribution in [1.82, 2.24) is 9.62 Å². The molecule has 0 aliphatic carbocycles. The number of benzene rings is 1. The maximum absolute atomic E-state index is 12.5. The van der Waals surface area contributed by atoms with Gasteiger partial charge in [0.2, 0.25) is 10.0 Å². The summed E-state index contributed by atoms with van der Waals surface area (Å²) in [6.07, 6.45) is 2.11. The van der Waals surface area contributed by atoms with Crippen LogP contribution in [0.3, 0.4) is 0 Å². The van der Waals surface area contributed by atoms with E-state index in [0.717, 1.165) is 49.2 Å². The van der Waals surface area contributed by atoms with Gasteiger partial charge in [-0.2, -0.15) is 0 Å². The molecule has 0 radical (unpaired) electrons. The summed E-state index contributed by atoms with van der Waals surface area (Å²) < 4.78 is 27.8. The molecule has 1 saturated heterocycles. The second-order valence-corrected chi connectivity index (χ2v) is 10.2. The summed E-state index contributed by atoms with van der Waals surface area (Å²) in [4.78, 5) is 3.87. The summed E-state index contributed by atoms with van der Waals surface area (Å²) in [6, 6.07) is 10.2. The smallest absolute Gasteiger partial charge is 0.215 e. The van der Waals surface area contributed by atoms with Crippen LogP contribution in [-0.2, 0) is 22.3 Å². The van der Waals surface area contributed by atoms with Crippen molar-refractivity contribution in [2.45, 2.75) is 39.0 Å². The number of sulfonamides is 1. The Kier molecular flexibility index (Phi) is 6.51. The first-order valence-corrected chi connectivity index (χ1v) is 11.7. The quantitative estimate of drug-likeness (QED) is 0.782. The van der Waals surface area contributed by atoms with Crippen LogP contribution in [0.4, 0.5) is 0 Å². The normalized spacial score (nSPS) is 16.8. The molecule has 0 amide bonds. The van der Waals surface area contributed by atoms with Crippen LogP contribution in [0.1, 0.15) is 34.4 Å². The minimum Gasteiger partial charge on any atom is -0.298 e. The molecule has 1 aromatic carbocycles. The maximum atomic E-state index is 12.5. The number of hydrogen-bond acceptors (Lipinski definition) is 4. The van der Waals surface area contributed by atoms with Crippen LogP contribution in [0, 0.1) is 19.8 Å². The summed E-state index contributed by atoms with van der Waals surface area (Å²) in [5.41, 5.74) is 3.02. The summed E-state index contributed by atoms with van der Waals surface area (Å²) in [7, 11) is -3.29. The number of rotatable bonds is 7. The van der Waals surface area contributed by atoms with Crippen LogP contribution in [0.2, 0.25) is 0 Å². The molecule has 6 heteroatoms. The lowest BCUT2D eigenvalue weighted by molar-refractivity contribution is 0.180. The molecule has 1 aromatic heterocycles. The van der Waals surface area contributed by atoms with Crippen molar-refractivity contribution in [1.29, 1.82) is 0 Å². The lowest BCUT2D eigenvalue weighted by Gasteiger charge is -2.31. The Balaban J connectivity index is 1.46. The molecule has 0 atom stereocenters. The molecule has 26 heavy (non-hydrogen) atoms. The van der Waals surface area contributed by atoms with E-state index >= 15 is 0 Å². The van der Waals surface area contributed by atoms with Crippen molar-refractivity contribution in [2.75, 3.05) is 19.6 Å². The van der Waals surface area contributed by atoms with Crippen molar-refractivity contribution in [3.05, 3.63) is 57.3 Å². The van der Waals surface area contributed by atoms with Gasteiger partial charge in [0.25, 0.3) is 0 Å². The molecule has 0 spiro atoms. The van der Waals surface area contributed by atoms with Gasteiger partial charge in [-0.1, -0.05) is 29.8 Å². The van der Waals surface area contributed by atoms with Crippen molar-refractivity contribution < 1.29 is 8.42 Å². The van der Waals surface area contributed by atoms with E-state index in [0.29, 0.717) is 12.5 Å². The minimum atomic E-state index is -3.29. The molecule has 1 aliphatic rings. The van der Waals surface area contributed by atoms with Crippen LogP contribution in [0.25, 0.3) is 0 Å². The third kappa shape index (κ3) is 5.64. The Morgan fingerprint density at radius 2 is 1.96 bits per heavy atom. The number of likely N-dealkylation sites (tertiary alicyclic amines) is 1. The Bertz CT molecular complexity index is 808. The van der Waals surface area contributed by atoms with E-state index in [2.05, 4.69) is 27.1 Å². The van der Waals surface area contributed by atoms with Crippen LogP contribution >= 0.6 is 11.3 Å². The topological polar surface area (TPSA) is 49.4 Å². The monoisotopic (exact) mass is 392 g/mol. The number of hydrogen-bond donors (Lipinski definition) is 1. The lowest BCUT2D eigenvalue weighted by Crippen LogP contribution is -2.38. The molecule has 0 unspecified atom stereocenters. The van der Waals surface area contributed by atoms with E-state index in [4.69, 9.17) is 0 Å². The zero-order valence-corrected chi connectivity index (χ0v) is 17.2. The fourth-order valence-electron chi connectivity index (χ4n) is 3.43. The predicted octanol–water partition coefficient (Wildman–Crippen LogP) is 3.70. The summed E-state index contributed by atoms with van der Waals surface area (Å²) >= 11 is 1.80. The molecule has 1 fully saturated rings. The fourth-order valence-corrected chi connectivity index (χ4v) is 5.49. The van der Waals surface area contributed by atoms with Gasteiger partial charge in [-0.05, 0) is 68.3 Å². The zero-order chi connectivity index (χ0) is 18.6. The molecule has 1 aliphatic heterocycles. The van der Waals surface area contributed by atoms with E-state index in [-0.39, 0.29) is 5.75 Å². The number of aryl methyl sites for hydroxylation is 2. The molecule has 4 nitrogen and oxygen atoms in total.